The highest BCUT2D eigenvalue weighted by molar-refractivity contribution is 7.19. The molecule has 0 aliphatic heterocycles. The minimum absolute atomic E-state index is 0.253. The van der Waals surface area contributed by atoms with Crippen LogP contribution in [-0.4, -0.2) is 19.8 Å². The molecule has 112 valence electrons. The fourth-order valence-electron chi connectivity index (χ4n) is 2.41. The maximum atomic E-state index is 12.7. The molecule has 6 heteroatoms. The van der Waals surface area contributed by atoms with E-state index in [0.29, 0.717) is 10.7 Å². The van der Waals surface area contributed by atoms with E-state index in [1.807, 2.05) is 61.5 Å². The summed E-state index contributed by atoms with van der Waals surface area (Å²) in [6.07, 6.45) is 0. The Morgan fingerprint density at radius 2 is 1.70 bits per heavy atom. The maximum Gasteiger partial charge on any atom is 0.302 e. The van der Waals surface area contributed by atoms with Gasteiger partial charge >= 0.3 is 5.56 Å². The highest BCUT2D eigenvalue weighted by atomic mass is 32.1. The number of fused-ring (bicyclic) bond motifs is 1. The molecule has 0 fully saturated rings. The largest absolute Gasteiger partial charge is 0.302 e. The van der Waals surface area contributed by atoms with Crippen LogP contribution in [0.5, 0.6) is 0 Å². The van der Waals surface area contributed by atoms with Crippen LogP contribution in [0.1, 0.15) is 5.56 Å². The van der Waals surface area contributed by atoms with Crippen LogP contribution >= 0.6 is 11.3 Å². The molecule has 0 spiro atoms. The van der Waals surface area contributed by atoms with Crippen molar-refractivity contribution in [2.45, 2.75) is 6.92 Å². The van der Waals surface area contributed by atoms with Crippen molar-refractivity contribution >= 4 is 16.3 Å². The number of aromatic nitrogens is 4. The van der Waals surface area contributed by atoms with Crippen LogP contribution < -0.4 is 5.56 Å². The number of hydrogen-bond donors (Lipinski definition) is 0. The summed E-state index contributed by atoms with van der Waals surface area (Å²) >= 11 is 1.36. The van der Waals surface area contributed by atoms with Gasteiger partial charge in [-0.25, -0.2) is 0 Å². The zero-order chi connectivity index (χ0) is 15.8. The van der Waals surface area contributed by atoms with E-state index >= 15 is 0 Å². The minimum atomic E-state index is -0.253. The van der Waals surface area contributed by atoms with Crippen molar-refractivity contribution in [2.24, 2.45) is 0 Å². The van der Waals surface area contributed by atoms with E-state index in [2.05, 4.69) is 15.3 Å². The molecule has 0 aliphatic carbocycles. The lowest BCUT2D eigenvalue weighted by Gasteiger charge is -1.99. The molecule has 2 heterocycles. The second-order valence-electron chi connectivity index (χ2n) is 5.14. The van der Waals surface area contributed by atoms with Crippen LogP contribution in [-0.2, 0) is 0 Å². The number of rotatable bonds is 2. The average molecular weight is 320 g/mol. The topological polar surface area (TPSA) is 60.2 Å². The summed E-state index contributed by atoms with van der Waals surface area (Å²) in [6, 6.07) is 17.3. The van der Waals surface area contributed by atoms with Crippen LogP contribution in [0.25, 0.3) is 26.8 Å². The van der Waals surface area contributed by atoms with Crippen LogP contribution in [0.4, 0.5) is 0 Å². The monoisotopic (exact) mass is 320 g/mol. The Balaban J connectivity index is 1.93. The third-order valence-electron chi connectivity index (χ3n) is 3.61. The molecule has 2 aromatic carbocycles. The molecule has 0 radical (unpaired) electrons. The summed E-state index contributed by atoms with van der Waals surface area (Å²) in [5.41, 5.74) is 2.91. The lowest BCUT2D eigenvalue weighted by molar-refractivity contribution is 0.862. The second kappa shape index (κ2) is 5.40. The molecule has 4 rings (SSSR count). The summed E-state index contributed by atoms with van der Waals surface area (Å²) in [4.78, 5) is 13.2. The summed E-state index contributed by atoms with van der Waals surface area (Å²) in [6.45, 7) is 2.02. The van der Waals surface area contributed by atoms with Gasteiger partial charge in [-0.05, 0) is 12.5 Å². The molecule has 0 amide bonds. The van der Waals surface area contributed by atoms with Gasteiger partial charge in [-0.15, -0.1) is 10.2 Å². The van der Waals surface area contributed by atoms with Crippen LogP contribution in [0, 0.1) is 6.92 Å². The van der Waals surface area contributed by atoms with Crippen molar-refractivity contribution in [3.8, 4) is 21.8 Å². The van der Waals surface area contributed by atoms with Crippen LogP contribution in [0.3, 0.4) is 0 Å². The van der Waals surface area contributed by atoms with E-state index in [9.17, 15) is 4.79 Å². The quantitative estimate of drug-likeness (QED) is 0.569. The van der Waals surface area contributed by atoms with Gasteiger partial charge in [0.1, 0.15) is 5.01 Å². The SMILES string of the molecule is Cc1ccccc1-c1nn2c(=O)c(-c3ccccc3)nnc2s1. The van der Waals surface area contributed by atoms with E-state index in [1.54, 1.807) is 0 Å². The third-order valence-corrected chi connectivity index (χ3v) is 4.55. The van der Waals surface area contributed by atoms with Gasteiger partial charge < -0.3 is 0 Å². The Morgan fingerprint density at radius 3 is 2.48 bits per heavy atom. The zero-order valence-electron chi connectivity index (χ0n) is 12.3. The molecular formula is C17H12N4OS. The molecule has 0 bridgehead atoms. The Kier molecular flexibility index (Phi) is 3.24. The minimum Gasteiger partial charge on any atom is -0.265 e. The Hall–Kier alpha value is -2.86. The Morgan fingerprint density at radius 1 is 0.957 bits per heavy atom. The van der Waals surface area contributed by atoms with Crippen LogP contribution in [0.15, 0.2) is 59.4 Å². The van der Waals surface area contributed by atoms with Crippen molar-refractivity contribution in [1.29, 1.82) is 0 Å². The van der Waals surface area contributed by atoms with Gasteiger partial charge in [-0.2, -0.15) is 9.61 Å². The third kappa shape index (κ3) is 2.33. The van der Waals surface area contributed by atoms with E-state index in [-0.39, 0.29) is 5.56 Å². The lowest BCUT2D eigenvalue weighted by atomic mass is 10.1. The number of nitrogens with zero attached hydrogens (tertiary/aromatic N) is 4. The Bertz CT molecular complexity index is 1050. The first-order chi connectivity index (χ1) is 11.2. The van der Waals surface area contributed by atoms with Gasteiger partial charge in [0.25, 0.3) is 0 Å². The molecule has 0 saturated carbocycles. The van der Waals surface area contributed by atoms with Crippen molar-refractivity contribution < 1.29 is 0 Å². The summed E-state index contributed by atoms with van der Waals surface area (Å²) < 4.78 is 1.34. The summed E-state index contributed by atoms with van der Waals surface area (Å²) in [5.74, 6) is 0. The second-order valence-corrected chi connectivity index (χ2v) is 6.09. The number of benzene rings is 2. The number of hydrogen-bond acceptors (Lipinski definition) is 5. The van der Waals surface area contributed by atoms with Gasteiger partial charge in [0.05, 0.1) is 0 Å². The fourth-order valence-corrected chi connectivity index (χ4v) is 3.34. The van der Waals surface area contributed by atoms with Crippen molar-refractivity contribution in [3.63, 3.8) is 0 Å². The van der Waals surface area contributed by atoms with Crippen molar-refractivity contribution in [2.75, 3.05) is 0 Å². The van der Waals surface area contributed by atoms with E-state index < -0.39 is 0 Å². The average Bonchev–Trinajstić information content (AvgIpc) is 3.01. The Labute approximate surface area is 135 Å². The van der Waals surface area contributed by atoms with Gasteiger partial charge in [0, 0.05) is 11.1 Å². The van der Waals surface area contributed by atoms with Gasteiger partial charge in [-0.3, -0.25) is 4.79 Å². The molecule has 23 heavy (non-hydrogen) atoms. The highest BCUT2D eigenvalue weighted by Crippen LogP contribution is 2.27. The number of aryl methyl sites for hydroxylation is 1. The molecule has 0 saturated heterocycles. The van der Waals surface area contributed by atoms with Crippen molar-refractivity contribution in [1.82, 2.24) is 19.8 Å². The van der Waals surface area contributed by atoms with Gasteiger partial charge in [0.2, 0.25) is 4.96 Å². The normalized spacial score (nSPS) is 11.0. The first kappa shape index (κ1) is 13.8. The standard InChI is InChI=1S/C17H12N4OS/c1-11-7-5-6-10-13(11)15-20-21-16(22)14(18-19-17(21)23-15)12-8-3-2-4-9-12/h2-10H,1H3. The molecular weight excluding hydrogens is 308 g/mol. The molecule has 0 unspecified atom stereocenters. The highest BCUT2D eigenvalue weighted by Gasteiger charge is 2.14. The lowest BCUT2D eigenvalue weighted by Crippen LogP contribution is -2.19. The summed E-state index contributed by atoms with van der Waals surface area (Å²) in [7, 11) is 0. The van der Waals surface area contributed by atoms with Crippen LogP contribution in [0.2, 0.25) is 0 Å². The first-order valence-electron chi connectivity index (χ1n) is 7.12. The maximum absolute atomic E-state index is 12.7. The molecule has 4 aromatic rings. The van der Waals surface area contributed by atoms with Gasteiger partial charge in [0.15, 0.2) is 5.69 Å². The van der Waals surface area contributed by atoms with E-state index in [4.69, 9.17) is 0 Å². The fraction of sp³-hybridized carbons (Fsp3) is 0.0588. The summed E-state index contributed by atoms with van der Waals surface area (Å²) in [5, 5.41) is 13.5. The first-order valence-corrected chi connectivity index (χ1v) is 7.93. The zero-order valence-corrected chi connectivity index (χ0v) is 13.1. The molecule has 0 N–H and O–H groups in total. The molecule has 0 aliphatic rings. The van der Waals surface area contributed by atoms with Crippen molar-refractivity contribution in [3.05, 3.63) is 70.5 Å². The predicted molar refractivity (Wildman–Crippen MR) is 90.5 cm³/mol. The smallest absolute Gasteiger partial charge is 0.265 e. The van der Waals surface area contributed by atoms with E-state index in [1.165, 1.54) is 15.9 Å². The van der Waals surface area contributed by atoms with Gasteiger partial charge in [-0.1, -0.05) is 65.9 Å². The van der Waals surface area contributed by atoms with E-state index in [0.717, 1.165) is 21.7 Å². The molecule has 5 nitrogen and oxygen atoms in total. The molecule has 2 aromatic heterocycles. The predicted octanol–water partition coefficient (Wildman–Crippen LogP) is 3.19. The molecule has 0 atom stereocenters.